The summed E-state index contributed by atoms with van der Waals surface area (Å²) in [4.78, 5) is 7.37. The third-order valence-corrected chi connectivity index (χ3v) is 4.34. The quantitative estimate of drug-likeness (QED) is 0.862. The summed E-state index contributed by atoms with van der Waals surface area (Å²) in [6.07, 6.45) is 3.53. The lowest BCUT2D eigenvalue weighted by molar-refractivity contribution is -0.114. The average molecular weight is 295 g/mol. The molecule has 2 rings (SSSR count). The van der Waals surface area contributed by atoms with Crippen molar-refractivity contribution in [3.63, 3.8) is 0 Å². The summed E-state index contributed by atoms with van der Waals surface area (Å²) in [6.45, 7) is 8.08. The Morgan fingerprint density at radius 1 is 1.25 bits per heavy atom. The number of nitrogens with one attached hydrogen (secondary N) is 1. The van der Waals surface area contributed by atoms with E-state index in [4.69, 9.17) is 21.0 Å². The predicted molar refractivity (Wildman–Crippen MR) is 84.1 cm³/mol. The van der Waals surface area contributed by atoms with Gasteiger partial charge < -0.3 is 14.4 Å². The van der Waals surface area contributed by atoms with Crippen LogP contribution in [0.15, 0.2) is 18.5 Å². The van der Waals surface area contributed by atoms with Crippen molar-refractivity contribution < 1.29 is 9.39 Å². The smallest absolute Gasteiger partial charge is 0.311 e. The second-order valence-corrected chi connectivity index (χ2v) is 6.31. The lowest BCUT2D eigenvalue weighted by Gasteiger charge is -2.40. The lowest BCUT2D eigenvalue weighted by Crippen LogP contribution is -2.50. The van der Waals surface area contributed by atoms with Gasteiger partial charge in [-0.1, -0.05) is 11.6 Å². The highest BCUT2D eigenvalue weighted by molar-refractivity contribution is 6.51. The first-order valence-corrected chi connectivity index (χ1v) is 6.95. The maximum Gasteiger partial charge on any atom is 0.311 e. The molecule has 6 heteroatoms. The number of aromatic nitrogens is 2. The third kappa shape index (κ3) is 2.85. The molecule has 1 N–H and O–H groups in total. The Labute approximate surface area is 125 Å². The molecule has 4 nitrogen and oxygen atoms in total. The second kappa shape index (κ2) is 5.39. The maximum absolute atomic E-state index is 6.06. The number of nitrogens with zero attached hydrogens (tertiary/aromatic N) is 1. The number of halogens is 1. The van der Waals surface area contributed by atoms with Crippen molar-refractivity contribution in [2.24, 2.45) is 0 Å². The van der Waals surface area contributed by atoms with Gasteiger partial charge in [-0.2, -0.15) is 0 Å². The fraction of sp³-hybridized carbons (Fsp3) is 0.500. The van der Waals surface area contributed by atoms with Crippen LogP contribution in [0.25, 0.3) is 11.0 Å². The molecule has 2 heterocycles. The van der Waals surface area contributed by atoms with Gasteiger partial charge in [0, 0.05) is 18.7 Å². The van der Waals surface area contributed by atoms with E-state index in [9.17, 15) is 0 Å². The number of aromatic amines is 1. The van der Waals surface area contributed by atoms with E-state index in [-0.39, 0.29) is 5.60 Å². The van der Waals surface area contributed by atoms with E-state index in [0.717, 1.165) is 16.5 Å². The van der Waals surface area contributed by atoms with Crippen LogP contribution in [-0.4, -0.2) is 35.8 Å². The molecule has 20 heavy (non-hydrogen) atoms. The van der Waals surface area contributed by atoms with Crippen molar-refractivity contribution in [2.45, 2.75) is 38.9 Å². The molecule has 0 atom stereocenters. The third-order valence-electron chi connectivity index (χ3n) is 4.13. The Bertz CT molecular complexity index is 610. The van der Waals surface area contributed by atoms with E-state index in [0.29, 0.717) is 12.5 Å². The number of hydrogen-bond acceptors (Lipinski definition) is 3. The van der Waals surface area contributed by atoms with E-state index >= 15 is 0 Å². The van der Waals surface area contributed by atoms with E-state index in [1.807, 2.05) is 40.0 Å². The van der Waals surface area contributed by atoms with Gasteiger partial charge in [-0.3, -0.25) is 0 Å². The highest BCUT2D eigenvalue weighted by atomic mass is 35.5. The van der Waals surface area contributed by atoms with Crippen LogP contribution in [0.3, 0.4) is 0 Å². The highest BCUT2D eigenvalue weighted by Crippen LogP contribution is 2.28. The van der Waals surface area contributed by atoms with Gasteiger partial charge in [-0.05, 0) is 45.4 Å². The number of methoxy groups -OCH3 is 1. The number of fused-ring (bicyclic) bond motifs is 1. The average Bonchev–Trinajstić information content (AvgIpc) is 2.78. The summed E-state index contributed by atoms with van der Waals surface area (Å²) in [5.41, 5.74) is 1.05. The molecule has 0 spiro atoms. The number of ether oxygens (including phenoxy) is 1. The Kier molecular flexibility index (Phi) is 4.14. The zero-order chi connectivity index (χ0) is 15.0. The minimum atomic E-state index is -0.419. The van der Waals surface area contributed by atoms with Crippen molar-refractivity contribution in [2.75, 3.05) is 7.11 Å². The summed E-state index contributed by atoms with van der Waals surface area (Å²) in [7, 11) is 2.17. The lowest BCUT2D eigenvalue weighted by atomic mass is 9.82. The van der Waals surface area contributed by atoms with Gasteiger partial charge in [0.25, 0.3) is 0 Å². The summed E-state index contributed by atoms with van der Waals surface area (Å²) < 4.78 is 11.6. The number of pyridine rings is 1. The SMILES string of the molecule is COC(C)(C)C(C)(C)OBc1c[nH]c2ncc(Cl)cc12. The number of rotatable bonds is 5. The predicted octanol–water partition coefficient (Wildman–Crippen LogP) is 2.41. The largest absolute Gasteiger partial charge is 0.427 e. The van der Waals surface area contributed by atoms with Gasteiger partial charge in [-0.15, -0.1) is 0 Å². The molecule has 2 aromatic rings. The van der Waals surface area contributed by atoms with Crippen LogP contribution in [0.5, 0.6) is 0 Å². The van der Waals surface area contributed by atoms with Crippen molar-refractivity contribution in [1.29, 1.82) is 0 Å². The fourth-order valence-corrected chi connectivity index (χ4v) is 1.99. The Morgan fingerprint density at radius 2 is 1.95 bits per heavy atom. The van der Waals surface area contributed by atoms with Crippen LogP contribution in [0.1, 0.15) is 27.7 Å². The standard InChI is InChI=1S/C14H20BClN2O2/c1-13(2,19-5)14(3,4)20-15-11-8-18-12-10(11)6-9(16)7-17-12/h6-8,15H,1-5H3,(H,17,18). The Morgan fingerprint density at radius 3 is 2.60 bits per heavy atom. The molecule has 0 radical (unpaired) electrons. The monoisotopic (exact) mass is 294 g/mol. The van der Waals surface area contributed by atoms with Crippen molar-refractivity contribution in [3.05, 3.63) is 23.5 Å². The van der Waals surface area contributed by atoms with E-state index < -0.39 is 5.60 Å². The number of hydrogen-bond donors (Lipinski definition) is 1. The first-order valence-electron chi connectivity index (χ1n) is 6.57. The second-order valence-electron chi connectivity index (χ2n) is 5.88. The summed E-state index contributed by atoms with van der Waals surface area (Å²) in [5.74, 6) is 0. The molecule has 0 aliphatic heterocycles. The normalized spacial score (nSPS) is 12.9. The van der Waals surface area contributed by atoms with Crippen molar-refractivity contribution >= 4 is 35.6 Å². The van der Waals surface area contributed by atoms with E-state index in [1.165, 1.54) is 0 Å². The molecule has 0 fully saturated rings. The van der Waals surface area contributed by atoms with Crippen LogP contribution < -0.4 is 5.46 Å². The van der Waals surface area contributed by atoms with Gasteiger partial charge in [0.2, 0.25) is 0 Å². The van der Waals surface area contributed by atoms with Gasteiger partial charge in [0.1, 0.15) is 5.65 Å². The van der Waals surface area contributed by atoms with Gasteiger partial charge in [0.15, 0.2) is 0 Å². The van der Waals surface area contributed by atoms with Crippen molar-refractivity contribution in [3.8, 4) is 0 Å². The molecular weight excluding hydrogens is 274 g/mol. The zero-order valence-corrected chi connectivity index (χ0v) is 13.3. The molecular formula is C14H20BClN2O2. The molecule has 0 saturated carbocycles. The van der Waals surface area contributed by atoms with Crippen LogP contribution in [0.2, 0.25) is 5.02 Å². The Balaban J connectivity index is 2.19. The van der Waals surface area contributed by atoms with E-state index in [1.54, 1.807) is 13.3 Å². The summed E-state index contributed by atoms with van der Waals surface area (Å²) in [5, 5.41) is 1.61. The minimum absolute atomic E-state index is 0.380. The topological polar surface area (TPSA) is 47.1 Å². The molecule has 0 aliphatic rings. The minimum Gasteiger partial charge on any atom is -0.427 e. The molecule has 108 valence electrons. The highest BCUT2D eigenvalue weighted by Gasteiger charge is 2.38. The van der Waals surface area contributed by atoms with E-state index in [2.05, 4.69) is 9.97 Å². The molecule has 2 aromatic heterocycles. The maximum atomic E-state index is 6.06. The Hall–Kier alpha value is -1.04. The molecule has 0 saturated heterocycles. The molecule has 0 unspecified atom stereocenters. The van der Waals surface area contributed by atoms with Crippen molar-refractivity contribution in [1.82, 2.24) is 9.97 Å². The summed E-state index contributed by atoms with van der Waals surface area (Å²) >= 11 is 6.00. The molecule has 0 amide bonds. The van der Waals surface area contributed by atoms with Gasteiger partial charge >= 0.3 is 7.48 Å². The number of H-pyrrole nitrogens is 1. The van der Waals surface area contributed by atoms with Gasteiger partial charge in [-0.25, -0.2) is 4.98 Å². The van der Waals surface area contributed by atoms with Gasteiger partial charge in [0.05, 0.1) is 16.2 Å². The first-order chi connectivity index (χ1) is 9.27. The van der Waals surface area contributed by atoms with Crippen LogP contribution >= 0.6 is 11.6 Å². The zero-order valence-electron chi connectivity index (χ0n) is 12.6. The molecule has 0 aliphatic carbocycles. The fourth-order valence-electron chi connectivity index (χ4n) is 1.83. The molecule has 0 bridgehead atoms. The summed E-state index contributed by atoms with van der Waals surface area (Å²) in [6, 6.07) is 1.90. The first kappa shape index (κ1) is 15.4. The van der Waals surface area contributed by atoms with Crippen LogP contribution in [0, 0.1) is 0 Å². The molecule has 0 aromatic carbocycles. The van der Waals surface area contributed by atoms with Crippen LogP contribution in [0.4, 0.5) is 0 Å². The van der Waals surface area contributed by atoms with Crippen LogP contribution in [-0.2, 0) is 9.39 Å².